The fourth-order valence-electron chi connectivity index (χ4n) is 1.36. The van der Waals surface area contributed by atoms with E-state index in [0.717, 1.165) is 0 Å². The average molecular weight is 280 g/mol. The fourth-order valence-corrected chi connectivity index (χ4v) is 1.77. The largest absolute Gasteiger partial charge is 0.396 e. The lowest BCUT2D eigenvalue weighted by atomic mass is 10.0. The second-order valence-electron chi connectivity index (χ2n) is 3.26. The summed E-state index contributed by atoms with van der Waals surface area (Å²) >= 11 is 2.99. The van der Waals surface area contributed by atoms with Gasteiger partial charge in [0.25, 0.3) is 0 Å². The molecule has 5 heteroatoms. The van der Waals surface area contributed by atoms with Crippen LogP contribution in [0.15, 0.2) is 16.6 Å². The van der Waals surface area contributed by atoms with Gasteiger partial charge in [0.05, 0.1) is 0 Å². The Morgan fingerprint density at radius 2 is 1.87 bits per heavy atom. The van der Waals surface area contributed by atoms with E-state index in [1.807, 2.05) is 0 Å². The third-order valence-corrected chi connectivity index (χ3v) is 2.55. The molecule has 0 amide bonds. The van der Waals surface area contributed by atoms with Crippen molar-refractivity contribution >= 4 is 15.9 Å². The van der Waals surface area contributed by atoms with E-state index in [2.05, 4.69) is 15.9 Å². The van der Waals surface area contributed by atoms with Crippen molar-refractivity contribution in [3.05, 3.63) is 33.8 Å². The van der Waals surface area contributed by atoms with E-state index in [1.165, 1.54) is 12.1 Å². The summed E-state index contributed by atoms with van der Waals surface area (Å²) in [6.07, 6.45) is 0.780. The van der Waals surface area contributed by atoms with Gasteiger partial charge in [-0.1, -0.05) is 15.9 Å². The van der Waals surface area contributed by atoms with Crippen molar-refractivity contribution in [1.82, 2.24) is 0 Å². The lowest BCUT2D eigenvalue weighted by molar-refractivity contribution is 0.279. The Morgan fingerprint density at radius 1 is 1.33 bits per heavy atom. The smallest absolute Gasteiger partial charge is 0.132 e. The molecular weight excluding hydrogens is 268 g/mol. The predicted molar refractivity (Wildman–Crippen MR) is 57.3 cm³/mol. The highest BCUT2D eigenvalue weighted by molar-refractivity contribution is 9.10. The van der Waals surface area contributed by atoms with Crippen molar-refractivity contribution in [1.29, 1.82) is 0 Å². The minimum atomic E-state index is -0.717. The third kappa shape index (κ3) is 3.22. The molecule has 0 bridgehead atoms. The second-order valence-corrected chi connectivity index (χ2v) is 4.17. The van der Waals surface area contributed by atoms with Crippen LogP contribution in [0.25, 0.3) is 0 Å². The van der Waals surface area contributed by atoms with Crippen LogP contribution in [0.5, 0.6) is 0 Å². The summed E-state index contributed by atoms with van der Waals surface area (Å²) in [7, 11) is 0. The van der Waals surface area contributed by atoms with Crippen LogP contribution in [0.2, 0.25) is 0 Å². The second kappa shape index (κ2) is 5.53. The molecule has 1 aromatic carbocycles. The summed E-state index contributed by atoms with van der Waals surface area (Å²) in [5.74, 6) is -1.32. The topological polar surface area (TPSA) is 46.2 Å². The van der Waals surface area contributed by atoms with Gasteiger partial charge in [-0.3, -0.25) is 0 Å². The van der Waals surface area contributed by atoms with Crippen LogP contribution >= 0.6 is 15.9 Å². The Balaban J connectivity index is 2.92. The molecule has 0 spiro atoms. The van der Waals surface area contributed by atoms with Crippen molar-refractivity contribution in [2.24, 2.45) is 5.73 Å². The van der Waals surface area contributed by atoms with Crippen LogP contribution < -0.4 is 5.73 Å². The SMILES string of the molecule is N[C@@H](CCCO)c1c(F)cc(Br)cc1F. The van der Waals surface area contributed by atoms with E-state index in [4.69, 9.17) is 10.8 Å². The molecule has 0 aliphatic rings. The van der Waals surface area contributed by atoms with Gasteiger partial charge in [-0.2, -0.15) is 0 Å². The van der Waals surface area contributed by atoms with Crippen LogP contribution in [0, 0.1) is 11.6 Å². The first-order valence-corrected chi connectivity index (χ1v) is 5.36. The summed E-state index contributed by atoms with van der Waals surface area (Å²) in [5.41, 5.74) is 5.51. The molecule has 0 fully saturated rings. The van der Waals surface area contributed by atoms with E-state index < -0.39 is 17.7 Å². The zero-order valence-electron chi connectivity index (χ0n) is 8.01. The van der Waals surface area contributed by atoms with E-state index >= 15 is 0 Å². The summed E-state index contributed by atoms with van der Waals surface area (Å²) < 4.78 is 27.1. The van der Waals surface area contributed by atoms with Crippen molar-refractivity contribution in [2.75, 3.05) is 6.61 Å². The van der Waals surface area contributed by atoms with Crippen molar-refractivity contribution in [2.45, 2.75) is 18.9 Å². The van der Waals surface area contributed by atoms with Gasteiger partial charge in [0.15, 0.2) is 0 Å². The number of hydrogen-bond donors (Lipinski definition) is 2. The lowest BCUT2D eigenvalue weighted by Gasteiger charge is -2.13. The predicted octanol–water partition coefficient (Wildman–Crippen LogP) is 2.50. The average Bonchev–Trinajstić information content (AvgIpc) is 2.12. The monoisotopic (exact) mass is 279 g/mol. The summed E-state index contributed by atoms with van der Waals surface area (Å²) in [6, 6.07) is 1.64. The number of rotatable bonds is 4. The van der Waals surface area contributed by atoms with Gasteiger partial charge in [-0.25, -0.2) is 8.78 Å². The van der Waals surface area contributed by atoms with Crippen LogP contribution in [0.3, 0.4) is 0 Å². The Hall–Kier alpha value is -0.520. The fraction of sp³-hybridized carbons (Fsp3) is 0.400. The van der Waals surface area contributed by atoms with Gasteiger partial charge < -0.3 is 10.8 Å². The molecule has 84 valence electrons. The van der Waals surface area contributed by atoms with E-state index in [-0.39, 0.29) is 12.2 Å². The maximum atomic E-state index is 13.4. The van der Waals surface area contributed by atoms with Gasteiger partial charge in [-0.05, 0) is 25.0 Å². The molecule has 1 atom stereocenters. The van der Waals surface area contributed by atoms with Gasteiger partial charge in [-0.15, -0.1) is 0 Å². The first-order chi connectivity index (χ1) is 7.06. The van der Waals surface area contributed by atoms with Gasteiger partial charge >= 0.3 is 0 Å². The number of benzene rings is 1. The zero-order chi connectivity index (χ0) is 11.4. The van der Waals surface area contributed by atoms with Gasteiger partial charge in [0.1, 0.15) is 11.6 Å². The Bertz CT molecular complexity index is 323. The maximum Gasteiger partial charge on any atom is 0.132 e. The molecule has 0 aromatic heterocycles. The van der Waals surface area contributed by atoms with Crippen molar-refractivity contribution < 1.29 is 13.9 Å². The van der Waals surface area contributed by atoms with Crippen LogP contribution in [-0.4, -0.2) is 11.7 Å². The summed E-state index contributed by atoms with van der Waals surface area (Å²) in [4.78, 5) is 0. The molecule has 3 N–H and O–H groups in total. The normalized spacial score (nSPS) is 12.9. The van der Waals surface area contributed by atoms with Gasteiger partial charge in [0, 0.05) is 22.7 Å². The summed E-state index contributed by atoms with van der Waals surface area (Å²) in [6.45, 7) is -0.0343. The number of aliphatic hydroxyl groups excluding tert-OH is 1. The molecule has 0 saturated carbocycles. The van der Waals surface area contributed by atoms with Gasteiger partial charge in [0.2, 0.25) is 0 Å². The van der Waals surface area contributed by atoms with Crippen LogP contribution in [-0.2, 0) is 0 Å². The molecule has 15 heavy (non-hydrogen) atoms. The number of aliphatic hydroxyl groups is 1. The quantitative estimate of drug-likeness (QED) is 0.890. The molecule has 2 nitrogen and oxygen atoms in total. The zero-order valence-corrected chi connectivity index (χ0v) is 9.60. The lowest BCUT2D eigenvalue weighted by Crippen LogP contribution is -2.14. The Labute approximate surface area is 95.2 Å². The molecule has 0 aliphatic heterocycles. The standard InChI is InChI=1S/C10H12BrF2NO/c11-6-4-7(12)10(8(13)5-6)9(14)2-1-3-15/h4-5,9,15H,1-3,14H2/t9-/m0/s1. The van der Waals surface area contributed by atoms with Crippen molar-refractivity contribution in [3.63, 3.8) is 0 Å². The molecule has 0 heterocycles. The highest BCUT2D eigenvalue weighted by Gasteiger charge is 2.17. The molecule has 1 aromatic rings. The minimum Gasteiger partial charge on any atom is -0.396 e. The summed E-state index contributed by atoms with van der Waals surface area (Å²) in [5, 5.41) is 8.59. The number of halogens is 3. The first kappa shape index (κ1) is 12.5. The highest BCUT2D eigenvalue weighted by Crippen LogP contribution is 2.25. The number of nitrogens with two attached hydrogens (primary N) is 1. The Kier molecular flexibility index (Phi) is 4.63. The molecule has 0 unspecified atom stereocenters. The van der Waals surface area contributed by atoms with E-state index in [1.54, 1.807) is 0 Å². The highest BCUT2D eigenvalue weighted by atomic mass is 79.9. The van der Waals surface area contributed by atoms with E-state index in [9.17, 15) is 8.78 Å². The third-order valence-electron chi connectivity index (χ3n) is 2.09. The minimum absolute atomic E-state index is 0.0343. The molecular formula is C10H12BrF2NO. The maximum absolute atomic E-state index is 13.4. The number of hydrogen-bond acceptors (Lipinski definition) is 2. The van der Waals surface area contributed by atoms with Crippen molar-refractivity contribution in [3.8, 4) is 0 Å². The van der Waals surface area contributed by atoms with Crippen LogP contribution in [0.1, 0.15) is 24.4 Å². The molecule has 1 rings (SSSR count). The first-order valence-electron chi connectivity index (χ1n) is 4.57. The molecule has 0 saturated heterocycles. The molecule has 0 radical (unpaired) electrons. The van der Waals surface area contributed by atoms with Crippen LogP contribution in [0.4, 0.5) is 8.78 Å². The Morgan fingerprint density at radius 3 is 2.33 bits per heavy atom. The van der Waals surface area contributed by atoms with E-state index in [0.29, 0.717) is 17.3 Å². The molecule has 0 aliphatic carbocycles.